The second-order valence-corrected chi connectivity index (χ2v) is 23.6. The SMILES string of the molecule is C#Cc1c(F)ccc2cc(O)cc(-c3ncc4c(N5CC6CCC(C5)N6C(=O)C(=C)COc5ccc6nc7c(c(CN(CCO)C8CC8)c6c5)Cn5c-7cc6c(c5=O)COC(=O)[C@]6(O)CC)nc(OC[C@@]56CCCN5C[C@H](F)C6)nc4c3F)c12. The van der Waals surface area contributed by atoms with Crippen molar-refractivity contribution in [3.63, 3.8) is 0 Å². The van der Waals surface area contributed by atoms with Gasteiger partial charge >= 0.3 is 12.0 Å². The normalized spacial score (nSPS) is 23.3. The van der Waals surface area contributed by atoms with Crippen LogP contribution in [0.4, 0.5) is 19.0 Å². The molecule has 432 valence electrons. The fraction of sp³-hybridized carbons (Fsp3) is 0.413. The number of aliphatic hydroxyl groups excluding tert-OH is 1. The number of alkyl halides is 1. The number of hydrogen-bond acceptors (Lipinski definition) is 16. The van der Waals surface area contributed by atoms with Gasteiger partial charge in [0, 0.05) is 84.4 Å². The summed E-state index contributed by atoms with van der Waals surface area (Å²) >= 11 is 0. The maximum atomic E-state index is 17.5. The third-order valence-electron chi connectivity index (χ3n) is 18.6. The van der Waals surface area contributed by atoms with Crippen molar-refractivity contribution in [3.8, 4) is 52.5 Å². The fourth-order valence-electron chi connectivity index (χ4n) is 14.3. The molecule has 18 nitrogen and oxygen atoms in total. The number of aromatic nitrogens is 5. The number of terminal acetylenes is 1. The number of aliphatic hydroxyl groups is 2. The number of hydrogen-bond donors (Lipinski definition) is 3. The van der Waals surface area contributed by atoms with E-state index in [0.717, 1.165) is 48.7 Å². The molecule has 1 aliphatic carbocycles. The van der Waals surface area contributed by atoms with Crippen LogP contribution in [-0.2, 0) is 39.6 Å². The van der Waals surface area contributed by atoms with Crippen LogP contribution in [-0.4, -0.2) is 149 Å². The summed E-state index contributed by atoms with van der Waals surface area (Å²) in [6.07, 6.45) is 11.4. The Morgan fingerprint density at radius 1 is 0.988 bits per heavy atom. The Hall–Kier alpha value is -8.16. The number of piperazine rings is 1. The Labute approximate surface area is 480 Å². The molecule has 21 heteroatoms. The number of amides is 1. The van der Waals surface area contributed by atoms with Crippen molar-refractivity contribution in [2.75, 3.05) is 57.4 Å². The van der Waals surface area contributed by atoms with Gasteiger partial charge < -0.3 is 43.9 Å². The number of nitrogens with zero attached hydrogens (tertiary/aromatic N) is 9. The third kappa shape index (κ3) is 8.65. The van der Waals surface area contributed by atoms with Crippen molar-refractivity contribution in [1.82, 2.24) is 39.2 Å². The predicted octanol–water partition coefficient (Wildman–Crippen LogP) is 6.93. The molecule has 10 heterocycles. The van der Waals surface area contributed by atoms with Crippen molar-refractivity contribution in [2.45, 2.75) is 113 Å². The smallest absolute Gasteiger partial charge is 0.343 e. The summed E-state index contributed by atoms with van der Waals surface area (Å²) in [6.45, 7) is 8.22. The Morgan fingerprint density at radius 2 is 1.80 bits per heavy atom. The highest BCUT2D eigenvalue weighted by Gasteiger charge is 2.50. The largest absolute Gasteiger partial charge is 0.508 e. The summed E-state index contributed by atoms with van der Waals surface area (Å²) in [4.78, 5) is 69.1. The van der Waals surface area contributed by atoms with E-state index >= 15 is 8.78 Å². The van der Waals surface area contributed by atoms with Gasteiger partial charge in [0.15, 0.2) is 11.4 Å². The predicted molar refractivity (Wildman–Crippen MR) is 304 cm³/mol. The molecule has 3 aromatic carbocycles. The van der Waals surface area contributed by atoms with Gasteiger partial charge in [0.25, 0.3) is 11.5 Å². The van der Waals surface area contributed by atoms with Crippen LogP contribution in [0.1, 0.15) is 86.1 Å². The van der Waals surface area contributed by atoms with Crippen LogP contribution in [0.5, 0.6) is 17.5 Å². The minimum Gasteiger partial charge on any atom is -0.508 e. The van der Waals surface area contributed by atoms with Gasteiger partial charge in [-0.25, -0.2) is 22.9 Å². The van der Waals surface area contributed by atoms with E-state index in [9.17, 15) is 34.1 Å². The Kier molecular flexibility index (Phi) is 13.0. The first-order valence-electron chi connectivity index (χ1n) is 28.7. The summed E-state index contributed by atoms with van der Waals surface area (Å²) < 4.78 is 67.3. The zero-order valence-electron chi connectivity index (χ0n) is 46.2. The van der Waals surface area contributed by atoms with Crippen molar-refractivity contribution < 1.29 is 52.3 Å². The number of pyridine rings is 3. The highest BCUT2D eigenvalue weighted by Crippen LogP contribution is 2.45. The number of cyclic esters (lactones) is 1. The van der Waals surface area contributed by atoms with Gasteiger partial charge in [-0.1, -0.05) is 25.5 Å². The first kappa shape index (κ1) is 53.8. The maximum Gasteiger partial charge on any atom is 0.343 e. The molecular weight excluding hydrogens is 1080 g/mol. The number of halogens is 3. The second-order valence-electron chi connectivity index (χ2n) is 23.6. The van der Waals surface area contributed by atoms with E-state index < -0.39 is 34.9 Å². The molecule has 2 bridgehead atoms. The van der Waals surface area contributed by atoms with Crippen molar-refractivity contribution in [1.29, 1.82) is 0 Å². The van der Waals surface area contributed by atoms with Crippen LogP contribution in [0.25, 0.3) is 55.2 Å². The van der Waals surface area contributed by atoms with Crippen LogP contribution in [0.2, 0.25) is 0 Å². The van der Waals surface area contributed by atoms with Gasteiger partial charge in [0.05, 0.1) is 64.2 Å². The molecule has 5 atom stereocenters. The first-order chi connectivity index (χ1) is 40.6. The quantitative estimate of drug-likeness (QED) is 0.0540. The molecule has 2 unspecified atom stereocenters. The standard InChI is InChI=1S/C63H60F3N9O9/c1-4-41-49(65)13-7-34-19-39(77)20-43(52(34)41)55-53(66)56-44(24-67-55)57(70-61(69-56)84-32-62-15-6-16-73(62)25-35(64)23-62)72-26-37-10-11-38(27-72)75(37)58(78)33(3)30-82-40-12-14-50-42(21-40)45(28-71(17-18-76)36-8-9-36)46-29-74-51(54(46)68-50)22-48-47(59(74)79)31-83-60(80)63(48,81)5-2/h1,7,12-14,19-22,24,35-38,76-77,81H,3,5-6,8-11,15-18,23,25-32H2,2H3/t35-,37?,38?,62+,63+/m1/s1. The van der Waals surface area contributed by atoms with Gasteiger partial charge in [-0.2, -0.15) is 9.97 Å². The van der Waals surface area contributed by atoms with Crippen molar-refractivity contribution >= 4 is 50.3 Å². The molecule has 7 aliphatic rings. The first-order valence-corrected chi connectivity index (χ1v) is 28.7. The van der Waals surface area contributed by atoms with Gasteiger partial charge in [-0.3, -0.25) is 24.4 Å². The molecule has 4 saturated heterocycles. The Bertz CT molecular complexity index is 4080. The van der Waals surface area contributed by atoms with Crippen LogP contribution in [0.3, 0.4) is 0 Å². The van der Waals surface area contributed by atoms with Crippen molar-refractivity contribution in [2.24, 2.45) is 0 Å². The van der Waals surface area contributed by atoms with Crippen LogP contribution < -0.4 is 19.9 Å². The minimum absolute atomic E-state index is 0.0131. The number of carbonyl (C=O) groups is 2. The summed E-state index contributed by atoms with van der Waals surface area (Å²) in [6, 6.07) is 12.0. The van der Waals surface area contributed by atoms with Gasteiger partial charge in [0.2, 0.25) is 0 Å². The van der Waals surface area contributed by atoms with Crippen LogP contribution >= 0.6 is 0 Å². The number of aromatic hydroxyl groups is 1. The van der Waals surface area contributed by atoms with Crippen molar-refractivity contribution in [3.05, 3.63) is 117 Å². The second kappa shape index (κ2) is 20.3. The summed E-state index contributed by atoms with van der Waals surface area (Å²) in [5.41, 5.74) is 0.660. The average molecular weight is 1140 g/mol. The molecule has 1 amide bonds. The van der Waals surface area contributed by atoms with E-state index in [2.05, 4.69) is 32.3 Å². The zero-order valence-corrected chi connectivity index (χ0v) is 46.2. The lowest BCUT2D eigenvalue weighted by molar-refractivity contribution is -0.172. The minimum atomic E-state index is -1.98. The van der Waals surface area contributed by atoms with E-state index in [1.165, 1.54) is 30.5 Å². The number of ether oxygens (including phenoxy) is 3. The number of benzene rings is 3. The number of carbonyl (C=O) groups excluding carboxylic acids is 2. The van der Waals surface area contributed by atoms with E-state index in [4.69, 9.17) is 30.6 Å². The lowest BCUT2D eigenvalue weighted by Crippen LogP contribution is -2.56. The molecule has 0 radical (unpaired) electrons. The van der Waals surface area contributed by atoms with E-state index in [1.54, 1.807) is 23.6 Å². The molecule has 14 rings (SSSR count). The number of phenolic OH excluding ortho intramolecular Hbond substituents is 1. The van der Waals surface area contributed by atoms with E-state index in [1.807, 2.05) is 21.9 Å². The third-order valence-corrected chi connectivity index (χ3v) is 18.6. The molecule has 7 aromatic rings. The number of anilines is 1. The van der Waals surface area contributed by atoms with E-state index in [-0.39, 0.29) is 137 Å². The molecular formula is C63H60F3N9O9. The van der Waals surface area contributed by atoms with E-state index in [0.29, 0.717) is 79.4 Å². The Morgan fingerprint density at radius 3 is 2.56 bits per heavy atom. The summed E-state index contributed by atoms with van der Waals surface area (Å²) in [5, 5.41) is 34.1. The molecule has 3 N–H and O–H groups in total. The molecule has 5 fully saturated rings. The number of rotatable bonds is 15. The van der Waals surface area contributed by atoms with Crippen LogP contribution in [0, 0.1) is 24.0 Å². The number of fused-ring (bicyclic) bond motifs is 10. The molecule has 0 spiro atoms. The Balaban J connectivity index is 0.746. The molecule has 1 saturated carbocycles. The highest BCUT2D eigenvalue weighted by molar-refractivity contribution is 6.03. The maximum absolute atomic E-state index is 17.5. The fourth-order valence-corrected chi connectivity index (χ4v) is 14.3. The van der Waals surface area contributed by atoms with Gasteiger partial charge in [0.1, 0.15) is 60.3 Å². The topological polar surface area (TPSA) is 209 Å². The summed E-state index contributed by atoms with van der Waals surface area (Å²) in [5.74, 6) is 0.273. The molecule has 6 aliphatic heterocycles. The lowest BCUT2D eigenvalue weighted by atomic mass is 9.86. The molecule has 84 heavy (non-hydrogen) atoms. The van der Waals surface area contributed by atoms with Gasteiger partial charge in [-0.15, -0.1) is 6.42 Å². The monoisotopic (exact) mass is 1140 g/mol. The zero-order chi connectivity index (χ0) is 58.1. The highest BCUT2D eigenvalue weighted by atomic mass is 19.1. The average Bonchev–Trinajstić information content (AvgIpc) is 1.75. The summed E-state index contributed by atoms with van der Waals surface area (Å²) in [7, 11) is 0. The number of esters is 1. The molecule has 4 aromatic heterocycles. The van der Waals surface area contributed by atoms with Crippen LogP contribution in [0.15, 0.2) is 71.7 Å². The lowest BCUT2D eigenvalue weighted by Gasteiger charge is -2.42. The number of phenols is 1. The van der Waals surface area contributed by atoms with Gasteiger partial charge in [-0.05, 0) is 105 Å².